The normalized spacial score (nSPS) is 17.3. The van der Waals surface area contributed by atoms with Gasteiger partial charge >= 0.3 is 18.7 Å². The van der Waals surface area contributed by atoms with Crippen LogP contribution in [0.4, 0.5) is 65.4 Å². The summed E-state index contributed by atoms with van der Waals surface area (Å²) in [5.74, 6) is -10.1. The number of halogens is 14. The number of ether oxygens (including phenoxy) is 1. The molecule has 264 valence electrons. The molecule has 3 N–H and O–H groups in total. The molecular weight excluding hydrogens is 758 g/mol. The Bertz CT molecular complexity index is 1780. The first-order chi connectivity index (χ1) is 22.4. The van der Waals surface area contributed by atoms with Crippen LogP contribution in [-0.4, -0.2) is 35.0 Å². The van der Waals surface area contributed by atoms with Crippen LogP contribution in [0, 0.1) is 17.6 Å². The minimum absolute atomic E-state index is 0.117. The first-order valence-electron chi connectivity index (χ1n) is 13.0. The lowest BCUT2D eigenvalue weighted by atomic mass is 10.0. The summed E-state index contributed by atoms with van der Waals surface area (Å²) in [6, 6.07) is 4.97. The van der Waals surface area contributed by atoms with Crippen LogP contribution < -0.4 is 16.0 Å². The summed E-state index contributed by atoms with van der Waals surface area (Å²) in [6.07, 6.45) is -15.6. The van der Waals surface area contributed by atoms with E-state index in [0.717, 1.165) is 18.2 Å². The first-order valence-corrected chi connectivity index (χ1v) is 14.1. The van der Waals surface area contributed by atoms with E-state index in [1.54, 1.807) is 0 Å². The fourth-order valence-electron chi connectivity index (χ4n) is 4.50. The van der Waals surface area contributed by atoms with Crippen molar-refractivity contribution in [3.63, 3.8) is 0 Å². The van der Waals surface area contributed by atoms with Gasteiger partial charge in [-0.25, -0.2) is 8.78 Å². The van der Waals surface area contributed by atoms with Crippen molar-refractivity contribution in [2.45, 2.75) is 29.0 Å². The molecule has 1 aliphatic carbocycles. The van der Waals surface area contributed by atoms with Crippen molar-refractivity contribution in [1.29, 1.82) is 0 Å². The third-order valence-corrected chi connectivity index (χ3v) is 8.02. The smallest absolute Gasteiger partial charge is 0.326 e. The first kappa shape index (κ1) is 37.9. The molecule has 0 bridgehead atoms. The van der Waals surface area contributed by atoms with E-state index in [4.69, 9.17) is 34.8 Å². The molecule has 0 radical (unpaired) electrons. The molecule has 1 fully saturated rings. The quantitative estimate of drug-likeness (QED) is 0.158. The van der Waals surface area contributed by atoms with Gasteiger partial charge in [0.15, 0.2) is 5.82 Å². The van der Waals surface area contributed by atoms with Crippen molar-refractivity contribution in [1.82, 2.24) is 0 Å². The number of rotatable bonds is 8. The van der Waals surface area contributed by atoms with E-state index in [1.807, 2.05) is 5.32 Å². The van der Waals surface area contributed by atoms with Gasteiger partial charge in [-0.3, -0.25) is 19.1 Å². The van der Waals surface area contributed by atoms with Gasteiger partial charge in [0.25, 0.3) is 11.8 Å². The Labute approximate surface area is 281 Å². The van der Waals surface area contributed by atoms with Crippen molar-refractivity contribution in [3.05, 3.63) is 87.4 Å². The second-order valence-electron chi connectivity index (χ2n) is 10.2. The van der Waals surface area contributed by atoms with Crippen molar-refractivity contribution in [3.8, 4) is 0 Å². The number of anilines is 3. The molecule has 0 spiro atoms. The van der Waals surface area contributed by atoms with Crippen LogP contribution in [0.2, 0.25) is 5.02 Å². The molecular formula is C28H15Cl3F11N3O4. The second-order valence-corrected chi connectivity index (χ2v) is 12.0. The monoisotopic (exact) mass is 771 g/mol. The maximum Gasteiger partial charge on any atom is 0.523 e. The predicted molar refractivity (Wildman–Crippen MR) is 152 cm³/mol. The number of carbonyl (C=O) groups is 3. The molecule has 49 heavy (non-hydrogen) atoms. The van der Waals surface area contributed by atoms with Crippen molar-refractivity contribution in [2.24, 2.45) is 5.92 Å². The number of alkyl halides is 11. The molecule has 1 aliphatic rings. The summed E-state index contributed by atoms with van der Waals surface area (Å²) in [7, 11) is 0. The van der Waals surface area contributed by atoms with Crippen LogP contribution >= 0.6 is 34.8 Å². The highest BCUT2D eigenvalue weighted by Crippen LogP contribution is 2.65. The number of hydrogen-bond donors (Lipinski definition) is 3. The third kappa shape index (κ3) is 8.84. The summed E-state index contributed by atoms with van der Waals surface area (Å²) in [5, 5.41) is 5.47. The van der Waals surface area contributed by atoms with E-state index in [9.17, 15) is 62.7 Å². The van der Waals surface area contributed by atoms with Gasteiger partial charge in [-0.2, -0.15) is 26.3 Å². The highest BCUT2D eigenvalue weighted by atomic mass is 35.5. The van der Waals surface area contributed by atoms with E-state index in [2.05, 4.69) is 10.1 Å². The van der Waals surface area contributed by atoms with Gasteiger partial charge in [0, 0.05) is 11.6 Å². The highest BCUT2D eigenvalue weighted by molar-refractivity contribution is 6.53. The molecule has 0 heterocycles. The zero-order valence-electron chi connectivity index (χ0n) is 23.4. The van der Waals surface area contributed by atoms with Gasteiger partial charge < -0.3 is 16.0 Å². The molecule has 3 amide bonds. The largest absolute Gasteiger partial charge is 0.523 e. The van der Waals surface area contributed by atoms with Gasteiger partial charge in [0.05, 0.1) is 33.3 Å². The average Bonchev–Trinajstić information content (AvgIpc) is 3.56. The van der Waals surface area contributed by atoms with Crippen LogP contribution in [0.5, 0.6) is 0 Å². The summed E-state index contributed by atoms with van der Waals surface area (Å²) < 4.78 is 147. The third-order valence-electron chi connectivity index (χ3n) is 6.75. The van der Waals surface area contributed by atoms with Gasteiger partial charge in [0.1, 0.15) is 22.4 Å². The summed E-state index contributed by atoms with van der Waals surface area (Å²) in [5.41, 5.74) is -6.70. The van der Waals surface area contributed by atoms with Crippen LogP contribution in [0.15, 0.2) is 48.5 Å². The lowest BCUT2D eigenvalue weighted by Gasteiger charge is -2.14. The molecule has 0 saturated heterocycles. The fourth-order valence-corrected chi connectivity index (χ4v) is 5.53. The molecule has 2 atom stereocenters. The number of hydrogen-bond acceptors (Lipinski definition) is 4. The molecule has 0 aliphatic heterocycles. The van der Waals surface area contributed by atoms with Crippen molar-refractivity contribution in [2.75, 3.05) is 22.6 Å². The maximum absolute atomic E-state index is 14.9. The molecule has 3 aromatic rings. The Balaban J connectivity index is 1.53. The molecule has 7 nitrogen and oxygen atoms in total. The Hall–Kier alpha value is -3.87. The molecule has 3 aromatic carbocycles. The zero-order chi connectivity index (χ0) is 36.9. The number of nitrogens with one attached hydrogen (secondary N) is 3. The van der Waals surface area contributed by atoms with Gasteiger partial charge in [-0.05, 0) is 54.1 Å². The van der Waals surface area contributed by atoms with Crippen LogP contribution in [0.1, 0.15) is 33.0 Å². The Kier molecular flexibility index (Phi) is 10.4. The number of carbonyl (C=O) groups excluding carboxylic acids is 3. The molecule has 0 unspecified atom stereocenters. The van der Waals surface area contributed by atoms with E-state index in [1.165, 1.54) is 5.32 Å². The summed E-state index contributed by atoms with van der Waals surface area (Å²) in [4.78, 5) is 37.7. The Morgan fingerprint density at radius 1 is 0.796 bits per heavy atom. The number of benzene rings is 3. The number of amides is 3. The van der Waals surface area contributed by atoms with Crippen molar-refractivity contribution >= 4 is 69.6 Å². The van der Waals surface area contributed by atoms with E-state index >= 15 is 0 Å². The van der Waals surface area contributed by atoms with Crippen LogP contribution in [0.25, 0.3) is 0 Å². The standard InChI is InChI=1S/C28H15Cl3F11N3O4/c29-15-2-1-13(8-14(15)23(47)44-17-4-3-16(32)22(21(17)33)45-18(46)9-49-28(40,41)42)43-24(48)20-19(25(20,30)31)10-5-11(26(34,35)36)7-12(6-10)27(37,38)39/h1-8,19-20H,9H2,(H,43,48)(H,44,47)(H,45,46)/t19-,20+/m0/s1. The Morgan fingerprint density at radius 2 is 1.39 bits per heavy atom. The minimum Gasteiger partial charge on any atom is -0.326 e. The van der Waals surface area contributed by atoms with Crippen LogP contribution in [-0.2, 0) is 26.7 Å². The zero-order valence-corrected chi connectivity index (χ0v) is 25.7. The van der Waals surface area contributed by atoms with Crippen molar-refractivity contribution < 1.29 is 67.4 Å². The van der Waals surface area contributed by atoms with Gasteiger partial charge in [-0.15, -0.1) is 36.4 Å². The summed E-state index contributed by atoms with van der Waals surface area (Å²) in [6.45, 7) is -1.65. The molecule has 1 saturated carbocycles. The summed E-state index contributed by atoms with van der Waals surface area (Å²) >= 11 is 18.3. The second kappa shape index (κ2) is 13.4. The van der Waals surface area contributed by atoms with E-state index < -0.39 is 104 Å². The average molecular weight is 773 g/mol. The van der Waals surface area contributed by atoms with Gasteiger partial charge in [-0.1, -0.05) is 11.6 Å². The lowest BCUT2D eigenvalue weighted by Crippen LogP contribution is -2.25. The fraction of sp³-hybridized carbons (Fsp3) is 0.250. The topological polar surface area (TPSA) is 96.5 Å². The van der Waals surface area contributed by atoms with E-state index in [0.29, 0.717) is 24.3 Å². The predicted octanol–water partition coefficient (Wildman–Crippen LogP) is 8.91. The lowest BCUT2D eigenvalue weighted by molar-refractivity contribution is -0.320. The van der Waals surface area contributed by atoms with E-state index in [-0.39, 0.29) is 16.8 Å². The molecule has 21 heteroatoms. The van der Waals surface area contributed by atoms with Crippen LogP contribution in [0.3, 0.4) is 0 Å². The van der Waals surface area contributed by atoms with Gasteiger partial charge in [0.2, 0.25) is 5.91 Å². The molecule has 0 aromatic heterocycles. The SMILES string of the molecule is O=C(COC(F)(F)F)Nc1c(F)ccc(NC(=O)c2cc(NC(=O)[C@H]3[C@H](c4cc(C(F)(F)F)cc(C(F)(F)F)c4)C3(Cl)Cl)ccc2Cl)c1F. The highest BCUT2D eigenvalue weighted by Gasteiger charge is 2.68. The maximum atomic E-state index is 14.9. The Morgan fingerprint density at radius 3 is 1.94 bits per heavy atom. The minimum atomic E-state index is -5.22. The molecule has 4 rings (SSSR count).